The average molecular weight is 305 g/mol. The molecule has 0 unspecified atom stereocenters. The van der Waals surface area contributed by atoms with Crippen molar-refractivity contribution in [2.75, 3.05) is 18.5 Å². The first kappa shape index (κ1) is 15.4. The molecule has 0 radical (unpaired) electrons. The zero-order valence-electron chi connectivity index (χ0n) is 11.4. The molecule has 0 aliphatic rings. The van der Waals surface area contributed by atoms with Gasteiger partial charge in [-0.15, -0.1) is 0 Å². The summed E-state index contributed by atoms with van der Waals surface area (Å²) in [6.45, 7) is 0.247. The lowest BCUT2D eigenvalue weighted by Crippen LogP contribution is -2.15. The number of anilines is 1. The smallest absolute Gasteiger partial charge is 0.341 e. The van der Waals surface area contributed by atoms with Crippen molar-refractivity contribution in [3.63, 3.8) is 0 Å². The monoisotopic (exact) mass is 305 g/mol. The number of nitro groups is 1. The van der Waals surface area contributed by atoms with Crippen LogP contribution < -0.4 is 5.32 Å². The molecule has 2 aromatic rings. The number of nitrogens with zero attached hydrogens (tertiary/aromatic N) is 2. The molecule has 0 fully saturated rings. The Hall–Kier alpha value is -3.03. The SMILES string of the molecule is O=C(OCCNc1ccc([N+](=O)[O-])cn1)c1ccccc1F. The minimum Gasteiger partial charge on any atom is -0.460 e. The van der Waals surface area contributed by atoms with Crippen LogP contribution in [0.15, 0.2) is 42.6 Å². The van der Waals surface area contributed by atoms with Crippen LogP contribution in [0.1, 0.15) is 10.4 Å². The van der Waals surface area contributed by atoms with Crippen molar-refractivity contribution in [1.82, 2.24) is 4.98 Å². The zero-order valence-corrected chi connectivity index (χ0v) is 11.4. The zero-order chi connectivity index (χ0) is 15.9. The largest absolute Gasteiger partial charge is 0.460 e. The summed E-state index contributed by atoms with van der Waals surface area (Å²) in [5, 5.41) is 13.3. The molecular weight excluding hydrogens is 293 g/mol. The number of carbonyl (C=O) groups is 1. The van der Waals surface area contributed by atoms with Crippen LogP contribution in [0.3, 0.4) is 0 Å². The number of halogens is 1. The van der Waals surface area contributed by atoms with Crippen LogP contribution in [-0.2, 0) is 4.74 Å². The van der Waals surface area contributed by atoms with E-state index < -0.39 is 16.7 Å². The van der Waals surface area contributed by atoms with Crippen molar-refractivity contribution in [3.05, 3.63) is 64.1 Å². The molecule has 1 aromatic carbocycles. The van der Waals surface area contributed by atoms with E-state index in [1.807, 2.05) is 0 Å². The molecular formula is C14H12FN3O4. The van der Waals surface area contributed by atoms with Crippen molar-refractivity contribution >= 4 is 17.5 Å². The van der Waals surface area contributed by atoms with Gasteiger partial charge in [-0.25, -0.2) is 14.2 Å². The summed E-state index contributed by atoms with van der Waals surface area (Å²) in [6, 6.07) is 8.28. The Kier molecular flexibility index (Phi) is 4.97. The molecule has 1 heterocycles. The number of esters is 1. The topological polar surface area (TPSA) is 94.4 Å². The van der Waals surface area contributed by atoms with Gasteiger partial charge in [0.15, 0.2) is 0 Å². The predicted molar refractivity (Wildman–Crippen MR) is 76.1 cm³/mol. The third-order valence-electron chi connectivity index (χ3n) is 2.69. The summed E-state index contributed by atoms with van der Waals surface area (Å²) in [5.41, 5.74) is -0.243. The summed E-state index contributed by atoms with van der Waals surface area (Å²) >= 11 is 0. The summed E-state index contributed by atoms with van der Waals surface area (Å²) in [5.74, 6) is -0.985. The second kappa shape index (κ2) is 7.11. The molecule has 0 bridgehead atoms. The molecule has 8 heteroatoms. The van der Waals surface area contributed by atoms with Crippen LogP contribution in [0, 0.1) is 15.9 Å². The summed E-state index contributed by atoms with van der Waals surface area (Å²) < 4.78 is 18.3. The fraction of sp³-hybridized carbons (Fsp3) is 0.143. The second-order valence-electron chi connectivity index (χ2n) is 4.20. The minimum atomic E-state index is -0.753. The van der Waals surface area contributed by atoms with Gasteiger partial charge < -0.3 is 10.1 Å². The van der Waals surface area contributed by atoms with Crippen molar-refractivity contribution in [2.45, 2.75) is 0 Å². The Morgan fingerprint density at radius 1 is 1.32 bits per heavy atom. The third kappa shape index (κ3) is 3.98. The number of pyridine rings is 1. The number of hydrogen-bond acceptors (Lipinski definition) is 6. The summed E-state index contributed by atoms with van der Waals surface area (Å²) in [6.07, 6.45) is 1.12. The molecule has 1 N–H and O–H groups in total. The van der Waals surface area contributed by atoms with Crippen LogP contribution in [0.5, 0.6) is 0 Å². The van der Waals surface area contributed by atoms with Gasteiger partial charge in [-0.2, -0.15) is 0 Å². The molecule has 0 spiro atoms. The maximum absolute atomic E-state index is 13.3. The van der Waals surface area contributed by atoms with E-state index >= 15 is 0 Å². The maximum Gasteiger partial charge on any atom is 0.341 e. The van der Waals surface area contributed by atoms with E-state index in [2.05, 4.69) is 10.3 Å². The van der Waals surface area contributed by atoms with Crippen LogP contribution in [0.2, 0.25) is 0 Å². The van der Waals surface area contributed by atoms with Crippen molar-refractivity contribution < 1.29 is 18.8 Å². The quantitative estimate of drug-likeness (QED) is 0.381. The highest BCUT2D eigenvalue weighted by Gasteiger charge is 2.11. The molecule has 2 rings (SSSR count). The second-order valence-corrected chi connectivity index (χ2v) is 4.20. The summed E-state index contributed by atoms with van der Waals surface area (Å²) in [7, 11) is 0. The van der Waals surface area contributed by atoms with Crippen molar-refractivity contribution in [3.8, 4) is 0 Å². The lowest BCUT2D eigenvalue weighted by Gasteiger charge is -2.07. The highest BCUT2D eigenvalue weighted by molar-refractivity contribution is 5.89. The lowest BCUT2D eigenvalue weighted by atomic mass is 10.2. The van der Waals surface area contributed by atoms with E-state index in [1.54, 1.807) is 6.07 Å². The standard InChI is InChI=1S/C14H12FN3O4/c15-12-4-2-1-3-11(12)14(19)22-8-7-16-13-6-5-10(9-17-13)18(20)21/h1-6,9H,7-8H2,(H,16,17). The van der Waals surface area contributed by atoms with E-state index in [1.165, 1.54) is 30.3 Å². The van der Waals surface area contributed by atoms with Gasteiger partial charge in [-0.05, 0) is 18.2 Å². The molecule has 0 aliphatic heterocycles. The van der Waals surface area contributed by atoms with E-state index in [9.17, 15) is 19.3 Å². The number of rotatable bonds is 6. The number of hydrogen-bond donors (Lipinski definition) is 1. The lowest BCUT2D eigenvalue weighted by molar-refractivity contribution is -0.385. The van der Waals surface area contributed by atoms with Gasteiger partial charge in [0.2, 0.25) is 0 Å². The highest BCUT2D eigenvalue weighted by atomic mass is 19.1. The average Bonchev–Trinajstić information content (AvgIpc) is 2.52. The van der Waals surface area contributed by atoms with Gasteiger partial charge in [0, 0.05) is 6.07 Å². The predicted octanol–water partition coefficient (Wildman–Crippen LogP) is 2.40. The van der Waals surface area contributed by atoms with Gasteiger partial charge in [0.1, 0.15) is 24.4 Å². The fourth-order valence-electron chi connectivity index (χ4n) is 1.63. The van der Waals surface area contributed by atoms with Gasteiger partial charge in [-0.3, -0.25) is 10.1 Å². The number of nitrogens with one attached hydrogen (secondary N) is 1. The molecule has 0 saturated heterocycles. The third-order valence-corrected chi connectivity index (χ3v) is 2.69. The molecule has 1 aromatic heterocycles. The van der Waals surface area contributed by atoms with E-state index in [0.29, 0.717) is 5.82 Å². The van der Waals surface area contributed by atoms with Gasteiger partial charge in [0.25, 0.3) is 5.69 Å². The van der Waals surface area contributed by atoms with E-state index in [0.717, 1.165) is 6.20 Å². The molecule has 114 valence electrons. The van der Waals surface area contributed by atoms with Crippen molar-refractivity contribution in [1.29, 1.82) is 0 Å². The van der Waals surface area contributed by atoms with Crippen molar-refractivity contribution in [2.24, 2.45) is 0 Å². The first-order valence-electron chi connectivity index (χ1n) is 6.34. The Bertz CT molecular complexity index is 676. The van der Waals surface area contributed by atoms with Crippen LogP contribution in [0.4, 0.5) is 15.9 Å². The van der Waals surface area contributed by atoms with E-state index in [-0.39, 0.29) is 24.4 Å². The Balaban J connectivity index is 1.78. The highest BCUT2D eigenvalue weighted by Crippen LogP contribution is 2.11. The number of carbonyl (C=O) groups excluding carboxylic acids is 1. The Morgan fingerprint density at radius 3 is 2.73 bits per heavy atom. The van der Waals surface area contributed by atoms with Gasteiger partial charge in [-0.1, -0.05) is 12.1 Å². The first-order chi connectivity index (χ1) is 10.6. The first-order valence-corrected chi connectivity index (χ1v) is 6.34. The molecule has 7 nitrogen and oxygen atoms in total. The van der Waals surface area contributed by atoms with E-state index in [4.69, 9.17) is 4.74 Å². The molecule has 0 aliphatic carbocycles. The van der Waals surface area contributed by atoms with Crippen LogP contribution in [0.25, 0.3) is 0 Å². The fourth-order valence-corrected chi connectivity index (χ4v) is 1.63. The Labute approximate surface area is 124 Å². The molecule has 22 heavy (non-hydrogen) atoms. The number of ether oxygens (including phenoxy) is 1. The maximum atomic E-state index is 13.3. The van der Waals surface area contributed by atoms with Crippen LogP contribution in [-0.4, -0.2) is 29.0 Å². The molecule has 0 amide bonds. The van der Waals surface area contributed by atoms with Gasteiger partial charge in [0.05, 0.1) is 17.0 Å². The minimum absolute atomic E-state index is 0.00579. The van der Waals surface area contributed by atoms with Gasteiger partial charge >= 0.3 is 5.97 Å². The molecule has 0 saturated carbocycles. The normalized spacial score (nSPS) is 10.0. The Morgan fingerprint density at radius 2 is 2.09 bits per heavy atom. The van der Waals surface area contributed by atoms with Crippen LogP contribution >= 0.6 is 0 Å². The number of benzene rings is 1. The molecule has 0 atom stereocenters. The summed E-state index contributed by atoms with van der Waals surface area (Å²) in [4.78, 5) is 25.4. The number of aromatic nitrogens is 1.